The van der Waals surface area contributed by atoms with Crippen molar-refractivity contribution in [2.45, 2.75) is 5.16 Å². The van der Waals surface area contributed by atoms with E-state index in [1.54, 1.807) is 0 Å². The highest BCUT2D eigenvalue weighted by atomic mass is 79.9. The average Bonchev–Trinajstić information content (AvgIpc) is 3.11. The molecule has 1 amide bonds. The molecule has 0 fully saturated rings. The number of carbonyl (C=O) groups excluding carboxylic acids is 1. The zero-order chi connectivity index (χ0) is 20.7. The summed E-state index contributed by atoms with van der Waals surface area (Å²) in [5.74, 6) is 0.0645. The highest BCUT2D eigenvalue weighted by Gasteiger charge is 2.14. The Morgan fingerprint density at radius 3 is 2.77 bits per heavy atom. The summed E-state index contributed by atoms with van der Waals surface area (Å²) in [7, 11) is 0. The van der Waals surface area contributed by atoms with Crippen LogP contribution < -0.4 is 5.32 Å². The van der Waals surface area contributed by atoms with E-state index in [0.717, 1.165) is 36.3 Å². The molecule has 0 radical (unpaired) electrons. The molecule has 2 aromatic heterocycles. The highest BCUT2D eigenvalue weighted by molar-refractivity contribution is 9.11. The molecule has 0 aliphatic heterocycles. The van der Waals surface area contributed by atoms with Crippen molar-refractivity contribution in [2.24, 2.45) is 0 Å². The summed E-state index contributed by atoms with van der Waals surface area (Å²) < 4.78 is 1.85. The zero-order valence-corrected chi connectivity index (χ0v) is 19.3. The Kier molecular flexibility index (Phi) is 5.18. The average molecular weight is 543 g/mol. The van der Waals surface area contributed by atoms with Gasteiger partial charge in [-0.3, -0.25) is 4.79 Å². The SMILES string of the molecule is O=C(CSc1nnc2c(n1)[nH]c1c(Br)cc(Br)cc12)Nc1cccc2ccccc12. The van der Waals surface area contributed by atoms with Gasteiger partial charge in [0, 0.05) is 25.4 Å². The standard InChI is InChI=1S/C21H13Br2N5OS/c22-12-8-14-18(15(23)9-12)25-20-19(14)27-28-21(26-20)30-10-17(29)24-16-7-3-5-11-4-1-2-6-13(11)16/h1-9H,10H2,(H,24,29)(H,25,26,28). The van der Waals surface area contributed by atoms with Gasteiger partial charge in [0.25, 0.3) is 0 Å². The second-order valence-corrected chi connectivity index (χ2v) is 9.30. The van der Waals surface area contributed by atoms with E-state index in [9.17, 15) is 4.79 Å². The van der Waals surface area contributed by atoms with E-state index < -0.39 is 0 Å². The Morgan fingerprint density at radius 1 is 1.03 bits per heavy atom. The number of halogens is 2. The monoisotopic (exact) mass is 541 g/mol. The number of aromatic amines is 1. The van der Waals surface area contributed by atoms with Crippen LogP contribution in [-0.4, -0.2) is 31.8 Å². The van der Waals surface area contributed by atoms with Crippen LogP contribution in [0.1, 0.15) is 0 Å². The van der Waals surface area contributed by atoms with Gasteiger partial charge in [0.2, 0.25) is 11.1 Å². The number of H-pyrrole nitrogens is 1. The summed E-state index contributed by atoms with van der Waals surface area (Å²) in [4.78, 5) is 20.3. The van der Waals surface area contributed by atoms with E-state index in [1.165, 1.54) is 11.8 Å². The van der Waals surface area contributed by atoms with Crippen molar-refractivity contribution >= 4 is 88.1 Å². The molecule has 0 spiro atoms. The summed E-state index contributed by atoms with van der Waals surface area (Å²) in [5, 5.41) is 14.9. The number of fused-ring (bicyclic) bond motifs is 4. The summed E-state index contributed by atoms with van der Waals surface area (Å²) >= 11 is 8.28. The van der Waals surface area contributed by atoms with Crippen LogP contribution in [-0.2, 0) is 4.79 Å². The third-order valence-electron chi connectivity index (χ3n) is 4.62. The van der Waals surface area contributed by atoms with Crippen LogP contribution in [0.2, 0.25) is 0 Å². The van der Waals surface area contributed by atoms with E-state index in [2.05, 4.69) is 57.3 Å². The maximum Gasteiger partial charge on any atom is 0.234 e. The first kappa shape index (κ1) is 19.5. The number of rotatable bonds is 4. The van der Waals surface area contributed by atoms with Gasteiger partial charge >= 0.3 is 0 Å². The third-order valence-corrected chi connectivity index (χ3v) is 6.54. The maximum atomic E-state index is 12.5. The minimum Gasteiger partial charge on any atom is -0.337 e. The van der Waals surface area contributed by atoms with Gasteiger partial charge in [-0.1, -0.05) is 64.1 Å². The molecule has 0 saturated carbocycles. The molecular weight excluding hydrogens is 530 g/mol. The first-order chi connectivity index (χ1) is 14.6. The Bertz CT molecular complexity index is 1430. The van der Waals surface area contributed by atoms with Crippen molar-refractivity contribution < 1.29 is 4.79 Å². The van der Waals surface area contributed by atoms with E-state index in [-0.39, 0.29) is 11.7 Å². The summed E-state index contributed by atoms with van der Waals surface area (Å²) in [5.41, 5.74) is 3.03. The number of carbonyl (C=O) groups is 1. The normalized spacial score (nSPS) is 11.4. The molecular formula is C21H13Br2N5OS. The Labute approximate surface area is 192 Å². The van der Waals surface area contributed by atoms with Gasteiger partial charge in [-0.25, -0.2) is 4.98 Å². The van der Waals surface area contributed by atoms with Crippen molar-refractivity contribution in [3.8, 4) is 0 Å². The maximum absolute atomic E-state index is 12.5. The summed E-state index contributed by atoms with van der Waals surface area (Å²) in [6.45, 7) is 0. The lowest BCUT2D eigenvalue weighted by atomic mass is 10.1. The van der Waals surface area contributed by atoms with Gasteiger partial charge < -0.3 is 10.3 Å². The van der Waals surface area contributed by atoms with Crippen molar-refractivity contribution in [1.29, 1.82) is 0 Å². The molecule has 5 rings (SSSR count). The fourth-order valence-corrected chi connectivity index (χ4v) is 5.21. The molecule has 3 aromatic carbocycles. The van der Waals surface area contributed by atoms with Gasteiger partial charge in [0.1, 0.15) is 5.52 Å². The molecule has 148 valence electrons. The first-order valence-electron chi connectivity index (χ1n) is 9.00. The molecule has 2 heterocycles. The lowest BCUT2D eigenvalue weighted by molar-refractivity contribution is -0.113. The van der Waals surface area contributed by atoms with Crippen molar-refractivity contribution in [3.63, 3.8) is 0 Å². The molecule has 30 heavy (non-hydrogen) atoms. The van der Waals surface area contributed by atoms with Crippen molar-refractivity contribution in [2.75, 3.05) is 11.1 Å². The van der Waals surface area contributed by atoms with Crippen molar-refractivity contribution in [3.05, 3.63) is 63.5 Å². The minimum atomic E-state index is -0.122. The van der Waals surface area contributed by atoms with Crippen LogP contribution in [0.25, 0.3) is 32.8 Å². The third kappa shape index (κ3) is 3.68. The highest BCUT2D eigenvalue weighted by Crippen LogP contribution is 2.32. The largest absolute Gasteiger partial charge is 0.337 e. The minimum absolute atomic E-state index is 0.122. The van der Waals surface area contributed by atoms with Crippen LogP contribution >= 0.6 is 43.6 Å². The second-order valence-electron chi connectivity index (χ2n) is 6.59. The van der Waals surface area contributed by atoms with Gasteiger partial charge in [0.15, 0.2) is 5.65 Å². The zero-order valence-electron chi connectivity index (χ0n) is 15.3. The Hall–Kier alpha value is -2.49. The van der Waals surface area contributed by atoms with Crippen LogP contribution in [0.5, 0.6) is 0 Å². The van der Waals surface area contributed by atoms with Crippen LogP contribution in [0.4, 0.5) is 5.69 Å². The predicted molar refractivity (Wildman–Crippen MR) is 128 cm³/mol. The number of hydrogen-bond donors (Lipinski definition) is 2. The van der Waals surface area contributed by atoms with Crippen molar-refractivity contribution in [1.82, 2.24) is 20.2 Å². The van der Waals surface area contributed by atoms with Gasteiger partial charge in [-0.2, -0.15) is 0 Å². The predicted octanol–water partition coefficient (Wildman–Crippen LogP) is 5.92. The Morgan fingerprint density at radius 2 is 1.87 bits per heavy atom. The van der Waals surface area contributed by atoms with Gasteiger partial charge in [0.05, 0.1) is 11.3 Å². The summed E-state index contributed by atoms with van der Waals surface area (Å²) in [6.07, 6.45) is 0. The fraction of sp³-hybridized carbons (Fsp3) is 0.0476. The molecule has 0 atom stereocenters. The topological polar surface area (TPSA) is 83.6 Å². The van der Waals surface area contributed by atoms with E-state index >= 15 is 0 Å². The van der Waals surface area contributed by atoms with Gasteiger partial charge in [-0.15, -0.1) is 10.2 Å². The lowest BCUT2D eigenvalue weighted by Gasteiger charge is -2.08. The van der Waals surface area contributed by atoms with Crippen LogP contribution in [0, 0.1) is 0 Å². The number of benzene rings is 3. The van der Waals surface area contributed by atoms with E-state index in [0.29, 0.717) is 16.3 Å². The van der Waals surface area contributed by atoms with Crippen LogP contribution in [0.15, 0.2) is 68.7 Å². The number of hydrogen-bond acceptors (Lipinski definition) is 5. The lowest BCUT2D eigenvalue weighted by Crippen LogP contribution is -2.14. The molecule has 5 aromatic rings. The fourth-order valence-electron chi connectivity index (χ4n) is 3.30. The van der Waals surface area contributed by atoms with Crippen LogP contribution in [0.3, 0.4) is 0 Å². The second kappa shape index (κ2) is 7.98. The molecule has 0 aliphatic carbocycles. The van der Waals surface area contributed by atoms with Gasteiger partial charge in [-0.05, 0) is 39.5 Å². The molecule has 6 nitrogen and oxygen atoms in total. The number of aromatic nitrogens is 4. The number of thioether (sulfide) groups is 1. The quantitative estimate of drug-likeness (QED) is 0.276. The smallest absolute Gasteiger partial charge is 0.234 e. The number of nitrogens with zero attached hydrogens (tertiary/aromatic N) is 3. The first-order valence-corrected chi connectivity index (χ1v) is 11.6. The molecule has 0 bridgehead atoms. The molecule has 9 heteroatoms. The van der Waals surface area contributed by atoms with E-state index in [4.69, 9.17) is 0 Å². The number of nitrogens with one attached hydrogen (secondary N) is 2. The van der Waals surface area contributed by atoms with E-state index in [1.807, 2.05) is 54.6 Å². The number of anilines is 1. The molecule has 2 N–H and O–H groups in total. The summed E-state index contributed by atoms with van der Waals surface area (Å²) in [6, 6.07) is 17.7. The number of amides is 1. The molecule has 0 unspecified atom stereocenters. The molecule has 0 aliphatic rings. The molecule has 0 saturated heterocycles. The Balaban J connectivity index is 1.35.